The Balaban J connectivity index is 1.77. The maximum atomic E-state index is 12.6. The van der Waals surface area contributed by atoms with E-state index < -0.39 is 0 Å². The molecule has 1 saturated heterocycles. The van der Waals surface area contributed by atoms with Gasteiger partial charge in [0.05, 0.1) is 5.56 Å². The van der Waals surface area contributed by atoms with Crippen LogP contribution in [0.1, 0.15) is 34.1 Å². The van der Waals surface area contributed by atoms with Crippen LogP contribution in [0, 0.1) is 5.92 Å². The molecule has 1 fully saturated rings. The van der Waals surface area contributed by atoms with Crippen molar-refractivity contribution in [3.8, 4) is 0 Å². The monoisotopic (exact) mass is 278 g/mol. The van der Waals surface area contributed by atoms with Gasteiger partial charge < -0.3 is 9.80 Å². The third kappa shape index (κ3) is 2.56. The van der Waals surface area contributed by atoms with Crippen molar-refractivity contribution in [1.29, 1.82) is 0 Å². The lowest BCUT2D eigenvalue weighted by molar-refractivity contribution is 0.0663. The summed E-state index contributed by atoms with van der Waals surface area (Å²) < 4.78 is 0. The SMILES string of the molecule is C[C@@H]1CCc2c(C(=O)N3CCN(C)CC3)csc2C1. The van der Waals surface area contributed by atoms with Crippen LogP contribution in [0.5, 0.6) is 0 Å². The second-order valence-corrected chi connectivity index (χ2v) is 6.96. The van der Waals surface area contributed by atoms with Gasteiger partial charge >= 0.3 is 0 Å². The zero-order valence-electron chi connectivity index (χ0n) is 11.8. The molecule has 0 spiro atoms. The predicted molar refractivity (Wildman–Crippen MR) is 78.9 cm³/mol. The van der Waals surface area contributed by atoms with E-state index in [4.69, 9.17) is 0 Å². The van der Waals surface area contributed by atoms with Gasteiger partial charge in [-0.2, -0.15) is 0 Å². The Morgan fingerprint density at radius 2 is 2.05 bits per heavy atom. The number of amides is 1. The summed E-state index contributed by atoms with van der Waals surface area (Å²) in [5.41, 5.74) is 2.35. The van der Waals surface area contributed by atoms with Crippen LogP contribution < -0.4 is 0 Å². The van der Waals surface area contributed by atoms with Crippen molar-refractivity contribution in [3.63, 3.8) is 0 Å². The molecule has 1 aliphatic carbocycles. The summed E-state index contributed by atoms with van der Waals surface area (Å²) in [4.78, 5) is 18.4. The molecule has 0 bridgehead atoms. The van der Waals surface area contributed by atoms with Crippen LogP contribution in [-0.2, 0) is 12.8 Å². The molecular formula is C15H22N2OS. The number of nitrogens with zero attached hydrogens (tertiary/aromatic N) is 2. The Morgan fingerprint density at radius 1 is 1.32 bits per heavy atom. The number of thiophene rings is 1. The van der Waals surface area contributed by atoms with Crippen molar-refractivity contribution < 1.29 is 4.79 Å². The Kier molecular flexibility index (Phi) is 3.63. The Bertz CT molecular complexity index is 474. The summed E-state index contributed by atoms with van der Waals surface area (Å²) in [7, 11) is 2.12. The lowest BCUT2D eigenvalue weighted by Crippen LogP contribution is -2.47. The first-order valence-electron chi connectivity index (χ1n) is 7.22. The van der Waals surface area contributed by atoms with Gasteiger partial charge in [0.2, 0.25) is 0 Å². The highest BCUT2D eigenvalue weighted by Gasteiger charge is 2.27. The zero-order valence-corrected chi connectivity index (χ0v) is 12.6. The number of carbonyl (C=O) groups is 1. The highest BCUT2D eigenvalue weighted by molar-refractivity contribution is 7.10. The fourth-order valence-corrected chi connectivity index (χ4v) is 4.27. The molecule has 19 heavy (non-hydrogen) atoms. The molecule has 104 valence electrons. The van der Waals surface area contributed by atoms with Crippen LogP contribution in [0.4, 0.5) is 0 Å². The van der Waals surface area contributed by atoms with Crippen LogP contribution in [-0.4, -0.2) is 48.9 Å². The normalized spacial score (nSPS) is 24.3. The van der Waals surface area contributed by atoms with E-state index in [1.165, 1.54) is 16.9 Å². The van der Waals surface area contributed by atoms with Crippen molar-refractivity contribution in [1.82, 2.24) is 9.80 Å². The third-order valence-electron chi connectivity index (χ3n) is 4.42. The minimum Gasteiger partial charge on any atom is -0.336 e. The fourth-order valence-electron chi connectivity index (χ4n) is 3.04. The lowest BCUT2D eigenvalue weighted by Gasteiger charge is -2.32. The number of rotatable bonds is 1. The lowest BCUT2D eigenvalue weighted by atomic mass is 9.88. The molecule has 1 aliphatic heterocycles. The number of hydrogen-bond donors (Lipinski definition) is 0. The van der Waals surface area contributed by atoms with E-state index in [0.29, 0.717) is 0 Å². The summed E-state index contributed by atoms with van der Waals surface area (Å²) in [5, 5.41) is 2.10. The second-order valence-electron chi connectivity index (χ2n) is 5.99. The van der Waals surface area contributed by atoms with Gasteiger partial charge in [-0.3, -0.25) is 4.79 Å². The van der Waals surface area contributed by atoms with E-state index in [9.17, 15) is 4.79 Å². The topological polar surface area (TPSA) is 23.6 Å². The maximum absolute atomic E-state index is 12.6. The first-order valence-corrected chi connectivity index (χ1v) is 8.10. The van der Waals surface area contributed by atoms with Crippen molar-refractivity contribution in [2.24, 2.45) is 5.92 Å². The highest BCUT2D eigenvalue weighted by atomic mass is 32.1. The molecule has 0 radical (unpaired) electrons. The minimum atomic E-state index is 0.264. The highest BCUT2D eigenvalue weighted by Crippen LogP contribution is 2.33. The Hall–Kier alpha value is -0.870. The average molecular weight is 278 g/mol. The van der Waals surface area contributed by atoms with Crippen LogP contribution >= 0.6 is 11.3 Å². The van der Waals surface area contributed by atoms with Crippen LogP contribution in [0.15, 0.2) is 5.38 Å². The standard InChI is InChI=1S/C15H22N2OS/c1-11-3-4-12-13(10-19-14(12)9-11)15(18)17-7-5-16(2)6-8-17/h10-11H,3-9H2,1-2H3/t11-/m1/s1. The molecule has 2 heterocycles. The van der Waals surface area contributed by atoms with Gasteiger partial charge in [0.1, 0.15) is 0 Å². The molecular weight excluding hydrogens is 256 g/mol. The van der Waals surface area contributed by atoms with Gasteiger partial charge in [0, 0.05) is 36.4 Å². The predicted octanol–water partition coefficient (Wildman–Crippen LogP) is 2.26. The van der Waals surface area contributed by atoms with E-state index in [1.807, 2.05) is 4.90 Å². The number of likely N-dealkylation sites (N-methyl/N-ethyl adjacent to an activating group) is 1. The van der Waals surface area contributed by atoms with Crippen molar-refractivity contribution >= 4 is 17.2 Å². The molecule has 0 N–H and O–H groups in total. The molecule has 3 nitrogen and oxygen atoms in total. The van der Waals surface area contributed by atoms with E-state index in [-0.39, 0.29) is 5.91 Å². The van der Waals surface area contributed by atoms with Crippen LogP contribution in [0.3, 0.4) is 0 Å². The number of fused-ring (bicyclic) bond motifs is 1. The number of carbonyl (C=O) groups excluding carboxylic acids is 1. The van der Waals surface area contributed by atoms with E-state index >= 15 is 0 Å². The van der Waals surface area contributed by atoms with Gasteiger partial charge in [-0.25, -0.2) is 0 Å². The first kappa shape index (κ1) is 13.1. The average Bonchev–Trinajstić information content (AvgIpc) is 2.81. The number of piperazine rings is 1. The summed E-state index contributed by atoms with van der Waals surface area (Å²) in [6.45, 7) is 6.04. The second kappa shape index (κ2) is 5.25. The Labute approximate surface area is 119 Å². The minimum absolute atomic E-state index is 0.264. The molecule has 1 aromatic rings. The molecule has 2 aliphatic rings. The fraction of sp³-hybridized carbons (Fsp3) is 0.667. The van der Waals surface area contributed by atoms with Gasteiger partial charge in [0.25, 0.3) is 5.91 Å². The van der Waals surface area contributed by atoms with E-state index in [0.717, 1.165) is 50.5 Å². The molecule has 0 unspecified atom stereocenters. The molecule has 0 aromatic carbocycles. The third-order valence-corrected chi connectivity index (χ3v) is 5.47. The van der Waals surface area contributed by atoms with E-state index in [2.05, 4.69) is 24.3 Å². The molecule has 4 heteroatoms. The zero-order chi connectivity index (χ0) is 13.4. The van der Waals surface area contributed by atoms with Crippen LogP contribution in [0.25, 0.3) is 0 Å². The van der Waals surface area contributed by atoms with Crippen LogP contribution in [0.2, 0.25) is 0 Å². The molecule has 1 amide bonds. The molecule has 1 aromatic heterocycles. The van der Waals surface area contributed by atoms with Crippen molar-refractivity contribution in [2.75, 3.05) is 33.2 Å². The molecule has 3 rings (SSSR count). The summed E-state index contributed by atoms with van der Waals surface area (Å²) in [5.74, 6) is 1.04. The summed E-state index contributed by atoms with van der Waals surface area (Å²) >= 11 is 1.79. The summed E-state index contributed by atoms with van der Waals surface area (Å²) in [6, 6.07) is 0. The van der Waals surface area contributed by atoms with Gasteiger partial charge in [-0.1, -0.05) is 6.92 Å². The van der Waals surface area contributed by atoms with Crippen molar-refractivity contribution in [3.05, 3.63) is 21.4 Å². The van der Waals surface area contributed by atoms with Gasteiger partial charge in [-0.15, -0.1) is 11.3 Å². The first-order chi connectivity index (χ1) is 9.15. The Morgan fingerprint density at radius 3 is 2.79 bits per heavy atom. The quantitative estimate of drug-likeness (QED) is 0.787. The van der Waals surface area contributed by atoms with Gasteiger partial charge in [0.15, 0.2) is 0 Å². The largest absolute Gasteiger partial charge is 0.336 e. The molecule has 1 atom stereocenters. The van der Waals surface area contributed by atoms with Crippen molar-refractivity contribution in [2.45, 2.75) is 26.2 Å². The van der Waals surface area contributed by atoms with E-state index in [1.54, 1.807) is 11.3 Å². The smallest absolute Gasteiger partial charge is 0.255 e. The maximum Gasteiger partial charge on any atom is 0.255 e. The molecule has 0 saturated carbocycles. The number of hydrogen-bond acceptors (Lipinski definition) is 3. The van der Waals surface area contributed by atoms with Gasteiger partial charge in [-0.05, 0) is 37.8 Å². The summed E-state index contributed by atoms with van der Waals surface area (Å²) in [6.07, 6.45) is 3.48.